The van der Waals surface area contributed by atoms with Crippen molar-refractivity contribution < 1.29 is 18.1 Å². The Morgan fingerprint density at radius 3 is 2.44 bits per heavy atom. The van der Waals surface area contributed by atoms with Crippen molar-refractivity contribution in [2.45, 2.75) is 4.90 Å². The molecule has 0 N–H and O–H groups in total. The molecule has 0 aliphatic carbocycles. The predicted octanol–water partition coefficient (Wildman–Crippen LogP) is 2.14. The Bertz CT molecular complexity index is 544. The van der Waals surface area contributed by atoms with Crippen LogP contribution in [0.3, 0.4) is 0 Å². The molecule has 0 unspecified atom stereocenters. The van der Waals surface area contributed by atoms with Crippen LogP contribution in [0.2, 0.25) is 0 Å². The summed E-state index contributed by atoms with van der Waals surface area (Å²) >= 11 is 1.73. The van der Waals surface area contributed by atoms with Crippen molar-refractivity contribution >= 4 is 48.0 Å². The largest absolute Gasteiger partial charge is 0.489 e. The first-order valence-corrected chi connectivity index (χ1v) is 7.12. The van der Waals surface area contributed by atoms with Crippen LogP contribution in [-0.4, -0.2) is 20.5 Å². The van der Waals surface area contributed by atoms with Gasteiger partial charge in [-0.1, -0.05) is 0 Å². The minimum absolute atomic E-state index is 0.00895. The molecule has 88 valence electrons. The second-order valence-electron chi connectivity index (χ2n) is 2.65. The zero-order valence-electron chi connectivity index (χ0n) is 7.81. The maximum Gasteiger partial charge on any atom is 0.313 e. The van der Waals surface area contributed by atoms with Crippen LogP contribution in [0.4, 0.5) is 5.69 Å². The predicted molar refractivity (Wildman–Crippen MR) is 65.4 cm³/mol. The molecule has 0 heterocycles. The molecule has 0 aliphatic heterocycles. The van der Waals surface area contributed by atoms with Crippen LogP contribution in [0.15, 0.2) is 17.0 Å². The van der Waals surface area contributed by atoms with Gasteiger partial charge in [-0.15, -0.1) is 0 Å². The number of hydrogen-bond acceptors (Lipinski definition) is 5. The Morgan fingerprint density at radius 2 is 2.06 bits per heavy atom. The smallest absolute Gasteiger partial charge is 0.313 e. The van der Waals surface area contributed by atoms with Crippen LogP contribution in [0.1, 0.15) is 0 Å². The van der Waals surface area contributed by atoms with E-state index in [-0.39, 0.29) is 10.6 Å². The fourth-order valence-corrected chi connectivity index (χ4v) is 2.85. The Hall–Kier alpha value is -0.610. The number of rotatable bonds is 3. The maximum atomic E-state index is 11.1. The highest BCUT2D eigenvalue weighted by Crippen LogP contribution is 2.35. The summed E-state index contributed by atoms with van der Waals surface area (Å²) in [4.78, 5) is 9.64. The minimum atomic E-state index is -4.00. The van der Waals surface area contributed by atoms with E-state index in [9.17, 15) is 18.5 Å². The van der Waals surface area contributed by atoms with Gasteiger partial charge in [0.15, 0.2) is 0 Å². The number of nitro groups is 1. The first kappa shape index (κ1) is 13.5. The lowest BCUT2D eigenvalue weighted by molar-refractivity contribution is -0.386. The molecule has 1 aromatic rings. The molecule has 0 saturated carbocycles. The van der Waals surface area contributed by atoms with Crippen molar-refractivity contribution in [3.05, 3.63) is 25.8 Å². The van der Waals surface area contributed by atoms with Gasteiger partial charge in [0, 0.05) is 16.7 Å². The van der Waals surface area contributed by atoms with E-state index in [0.29, 0.717) is 3.57 Å². The third kappa shape index (κ3) is 2.74. The van der Waals surface area contributed by atoms with E-state index in [1.54, 1.807) is 22.6 Å². The minimum Gasteiger partial charge on any atom is -0.489 e. The molecule has 1 rings (SSSR count). The third-order valence-corrected chi connectivity index (χ3v) is 3.81. The van der Waals surface area contributed by atoms with Crippen LogP contribution < -0.4 is 4.74 Å². The SMILES string of the molecule is COc1c(I)cc(S(=O)(=O)Cl)cc1[N+](=O)[O-]. The van der Waals surface area contributed by atoms with E-state index in [4.69, 9.17) is 15.4 Å². The van der Waals surface area contributed by atoms with E-state index in [2.05, 4.69) is 0 Å². The number of hydrogen-bond donors (Lipinski definition) is 0. The van der Waals surface area contributed by atoms with Crippen molar-refractivity contribution in [3.8, 4) is 5.75 Å². The van der Waals surface area contributed by atoms with Gasteiger partial charge < -0.3 is 4.74 Å². The van der Waals surface area contributed by atoms with Gasteiger partial charge in [0.05, 0.1) is 20.5 Å². The van der Waals surface area contributed by atoms with Gasteiger partial charge in [-0.25, -0.2) is 8.42 Å². The molecule has 0 amide bonds. The average molecular weight is 378 g/mol. The zero-order chi connectivity index (χ0) is 12.5. The lowest BCUT2D eigenvalue weighted by Gasteiger charge is -2.05. The first-order chi connectivity index (χ1) is 7.27. The molecule has 0 atom stereocenters. The third-order valence-electron chi connectivity index (χ3n) is 1.68. The lowest BCUT2D eigenvalue weighted by atomic mass is 10.3. The summed E-state index contributed by atoms with van der Waals surface area (Å²) in [5.41, 5.74) is -0.436. The molecule has 0 radical (unpaired) electrons. The van der Waals surface area contributed by atoms with Crippen molar-refractivity contribution in [1.82, 2.24) is 0 Å². The standard InChI is InChI=1S/C7H5ClINO5S/c1-15-7-5(9)2-4(16(8,13)14)3-6(7)10(11)12/h2-3H,1H3. The lowest BCUT2D eigenvalue weighted by Crippen LogP contribution is -1.99. The number of methoxy groups -OCH3 is 1. The van der Waals surface area contributed by atoms with Crippen molar-refractivity contribution in [2.75, 3.05) is 7.11 Å². The van der Waals surface area contributed by atoms with Crippen LogP contribution >= 0.6 is 33.3 Å². The Labute approximate surface area is 109 Å². The quantitative estimate of drug-likeness (QED) is 0.349. The second-order valence-corrected chi connectivity index (χ2v) is 6.38. The van der Waals surface area contributed by atoms with Crippen LogP contribution in [0.25, 0.3) is 0 Å². The van der Waals surface area contributed by atoms with E-state index in [1.807, 2.05) is 0 Å². The summed E-state index contributed by atoms with van der Waals surface area (Å²) in [6.07, 6.45) is 0. The molecule has 0 aliphatic rings. The molecular formula is C7H5ClINO5S. The summed E-state index contributed by atoms with van der Waals surface area (Å²) in [5, 5.41) is 10.7. The molecule has 0 saturated heterocycles. The van der Waals surface area contributed by atoms with Crippen LogP contribution in [0.5, 0.6) is 5.75 Å². The van der Waals surface area contributed by atoms with Gasteiger partial charge in [0.1, 0.15) is 0 Å². The highest BCUT2D eigenvalue weighted by Gasteiger charge is 2.23. The van der Waals surface area contributed by atoms with Crippen molar-refractivity contribution in [1.29, 1.82) is 0 Å². The Kier molecular flexibility index (Phi) is 3.97. The van der Waals surface area contributed by atoms with Crippen molar-refractivity contribution in [3.63, 3.8) is 0 Å². The molecule has 0 aromatic heterocycles. The summed E-state index contributed by atoms with van der Waals surface area (Å²) in [7, 11) is 2.37. The Balaban J connectivity index is 3.59. The van der Waals surface area contributed by atoms with Crippen LogP contribution in [0, 0.1) is 13.7 Å². The maximum absolute atomic E-state index is 11.1. The normalized spacial score (nSPS) is 11.2. The van der Waals surface area contributed by atoms with Crippen molar-refractivity contribution in [2.24, 2.45) is 0 Å². The van der Waals surface area contributed by atoms with Gasteiger partial charge in [0.25, 0.3) is 9.05 Å². The number of halogens is 2. The second kappa shape index (κ2) is 4.72. The summed E-state index contributed by atoms with van der Waals surface area (Å²) in [6, 6.07) is 2.07. The fourth-order valence-electron chi connectivity index (χ4n) is 1.03. The van der Waals surface area contributed by atoms with Gasteiger partial charge in [-0.2, -0.15) is 0 Å². The molecule has 16 heavy (non-hydrogen) atoms. The molecule has 9 heteroatoms. The van der Waals surface area contributed by atoms with Gasteiger partial charge >= 0.3 is 5.69 Å². The van der Waals surface area contributed by atoms with Gasteiger partial charge in [-0.3, -0.25) is 10.1 Å². The number of nitrogens with zero attached hydrogens (tertiary/aromatic N) is 1. The first-order valence-electron chi connectivity index (χ1n) is 3.74. The van der Waals surface area contributed by atoms with Crippen LogP contribution in [-0.2, 0) is 9.05 Å². The summed E-state index contributed by atoms with van der Waals surface area (Å²) < 4.78 is 27.2. The number of nitro benzene ring substituents is 1. The zero-order valence-corrected chi connectivity index (χ0v) is 11.5. The topological polar surface area (TPSA) is 86.5 Å². The Morgan fingerprint density at radius 1 is 1.50 bits per heavy atom. The van der Waals surface area contributed by atoms with E-state index >= 15 is 0 Å². The summed E-state index contributed by atoms with van der Waals surface area (Å²) in [6.45, 7) is 0. The highest BCUT2D eigenvalue weighted by molar-refractivity contribution is 14.1. The van der Waals surface area contributed by atoms with Gasteiger partial charge in [0.2, 0.25) is 5.75 Å². The molecule has 1 aromatic carbocycles. The molecule has 0 bridgehead atoms. The molecular weight excluding hydrogens is 373 g/mol. The molecule has 0 fully saturated rings. The molecule has 6 nitrogen and oxygen atoms in total. The van der Waals surface area contributed by atoms with Gasteiger partial charge in [-0.05, 0) is 28.7 Å². The fraction of sp³-hybridized carbons (Fsp3) is 0.143. The van der Waals surface area contributed by atoms with E-state index in [1.165, 1.54) is 13.2 Å². The number of benzene rings is 1. The summed E-state index contributed by atoms with van der Waals surface area (Å²) in [5.74, 6) is 0.00895. The van der Waals surface area contributed by atoms with E-state index in [0.717, 1.165) is 6.07 Å². The monoisotopic (exact) mass is 377 g/mol. The van der Waals surface area contributed by atoms with E-state index < -0.39 is 19.7 Å². The average Bonchev–Trinajstić information content (AvgIpc) is 2.14. The highest BCUT2D eigenvalue weighted by atomic mass is 127. The molecule has 0 spiro atoms. The number of ether oxygens (including phenoxy) is 1.